The number of hydrogen-bond acceptors (Lipinski definition) is 4. The highest BCUT2D eigenvalue weighted by Crippen LogP contribution is 2.28. The lowest BCUT2D eigenvalue weighted by Gasteiger charge is -2.11. The topological polar surface area (TPSA) is 57.9 Å². The highest BCUT2D eigenvalue weighted by atomic mass is 16.2. The van der Waals surface area contributed by atoms with E-state index in [-0.39, 0.29) is 5.91 Å². The van der Waals surface area contributed by atoms with Crippen LogP contribution in [0.2, 0.25) is 0 Å². The summed E-state index contributed by atoms with van der Waals surface area (Å²) in [7, 11) is 0. The van der Waals surface area contributed by atoms with Crippen LogP contribution in [0.15, 0.2) is 65.1 Å². The number of benzene rings is 1. The molecule has 0 radical (unpaired) electrons. The van der Waals surface area contributed by atoms with E-state index in [2.05, 4.69) is 15.3 Å². The summed E-state index contributed by atoms with van der Waals surface area (Å²) < 4.78 is 0. The monoisotopic (exact) mass is 238 g/mol. The number of para-hydroxylation sites is 1. The van der Waals surface area contributed by atoms with Gasteiger partial charge in [-0.25, -0.2) is 0 Å². The minimum absolute atomic E-state index is 0.181. The molecule has 5 nitrogen and oxygen atoms in total. The molecule has 1 aromatic heterocycles. The SMILES string of the molecule is O=C1C(c2ccccn2)N=NN1c1ccccc1. The molecule has 88 valence electrons. The molecule has 1 unspecified atom stereocenters. The van der Waals surface area contributed by atoms with Gasteiger partial charge in [-0.3, -0.25) is 9.78 Å². The fourth-order valence-corrected chi connectivity index (χ4v) is 1.78. The van der Waals surface area contributed by atoms with Gasteiger partial charge in [0.15, 0.2) is 6.04 Å². The van der Waals surface area contributed by atoms with Crippen molar-refractivity contribution in [1.29, 1.82) is 0 Å². The minimum Gasteiger partial charge on any atom is -0.269 e. The summed E-state index contributed by atoms with van der Waals surface area (Å²) in [6, 6.07) is 14.0. The van der Waals surface area contributed by atoms with Crippen molar-refractivity contribution in [2.24, 2.45) is 10.3 Å². The molecule has 2 heterocycles. The lowest BCUT2D eigenvalue weighted by molar-refractivity contribution is -0.118. The first-order valence-corrected chi connectivity index (χ1v) is 5.57. The second kappa shape index (κ2) is 4.37. The van der Waals surface area contributed by atoms with Crippen molar-refractivity contribution in [1.82, 2.24) is 4.98 Å². The van der Waals surface area contributed by atoms with E-state index in [0.717, 1.165) is 0 Å². The zero-order chi connectivity index (χ0) is 12.4. The molecule has 1 aliphatic heterocycles. The Balaban J connectivity index is 1.89. The van der Waals surface area contributed by atoms with Crippen LogP contribution in [0.3, 0.4) is 0 Å². The number of amides is 1. The quantitative estimate of drug-likeness (QED) is 0.807. The van der Waals surface area contributed by atoms with Gasteiger partial charge >= 0.3 is 0 Å². The van der Waals surface area contributed by atoms with Crippen LogP contribution >= 0.6 is 0 Å². The van der Waals surface area contributed by atoms with Crippen LogP contribution < -0.4 is 5.01 Å². The van der Waals surface area contributed by atoms with E-state index < -0.39 is 6.04 Å². The van der Waals surface area contributed by atoms with Crippen molar-refractivity contribution in [3.05, 3.63) is 60.4 Å². The van der Waals surface area contributed by atoms with Gasteiger partial charge in [-0.05, 0) is 24.3 Å². The molecule has 5 heteroatoms. The molecule has 1 atom stereocenters. The number of rotatable bonds is 2. The van der Waals surface area contributed by atoms with Crippen LogP contribution in [-0.4, -0.2) is 10.9 Å². The maximum Gasteiger partial charge on any atom is 0.281 e. The standard InChI is InChI=1S/C13H10N4O/c18-13-12(11-8-4-5-9-14-11)15-16-17(13)10-6-2-1-3-7-10/h1-9,12H. The summed E-state index contributed by atoms with van der Waals surface area (Å²) in [5, 5.41) is 9.20. The predicted molar refractivity (Wildman–Crippen MR) is 65.8 cm³/mol. The Hall–Kier alpha value is -2.56. The number of pyridine rings is 1. The third-order valence-corrected chi connectivity index (χ3v) is 2.67. The smallest absolute Gasteiger partial charge is 0.269 e. The molecule has 18 heavy (non-hydrogen) atoms. The van der Waals surface area contributed by atoms with Gasteiger partial charge in [0.05, 0.1) is 11.4 Å². The van der Waals surface area contributed by atoms with Crippen LogP contribution in [0, 0.1) is 0 Å². The first kappa shape index (κ1) is 10.6. The Morgan fingerprint density at radius 3 is 2.50 bits per heavy atom. The van der Waals surface area contributed by atoms with E-state index in [1.807, 2.05) is 36.4 Å². The summed E-state index contributed by atoms with van der Waals surface area (Å²) >= 11 is 0. The predicted octanol–water partition coefficient (Wildman–Crippen LogP) is 2.54. The molecule has 0 bridgehead atoms. The van der Waals surface area contributed by atoms with Crippen molar-refractivity contribution in [2.75, 3.05) is 5.01 Å². The fraction of sp³-hybridized carbons (Fsp3) is 0.0769. The average molecular weight is 238 g/mol. The summed E-state index contributed by atoms with van der Waals surface area (Å²) in [5.74, 6) is -0.181. The maximum absolute atomic E-state index is 12.2. The number of anilines is 1. The van der Waals surface area contributed by atoms with Gasteiger partial charge in [-0.15, -0.1) is 0 Å². The number of hydrogen-bond donors (Lipinski definition) is 0. The molecule has 0 saturated carbocycles. The van der Waals surface area contributed by atoms with Crippen LogP contribution in [0.25, 0.3) is 0 Å². The van der Waals surface area contributed by atoms with Crippen molar-refractivity contribution in [2.45, 2.75) is 6.04 Å². The van der Waals surface area contributed by atoms with Crippen molar-refractivity contribution < 1.29 is 4.79 Å². The summed E-state index contributed by atoms with van der Waals surface area (Å²) in [6.45, 7) is 0. The highest BCUT2D eigenvalue weighted by molar-refractivity contribution is 5.98. The van der Waals surface area contributed by atoms with Gasteiger partial charge in [0.25, 0.3) is 5.91 Å². The summed E-state index contributed by atoms with van der Waals surface area (Å²) in [5.41, 5.74) is 1.33. The van der Waals surface area contributed by atoms with Crippen LogP contribution in [0.4, 0.5) is 5.69 Å². The van der Waals surface area contributed by atoms with Crippen LogP contribution in [0.1, 0.15) is 11.7 Å². The van der Waals surface area contributed by atoms with Crippen molar-refractivity contribution in [3.63, 3.8) is 0 Å². The third kappa shape index (κ3) is 1.75. The van der Waals surface area contributed by atoms with E-state index in [0.29, 0.717) is 11.4 Å². The molecule has 0 aliphatic carbocycles. The van der Waals surface area contributed by atoms with Gasteiger partial charge in [0.2, 0.25) is 0 Å². The van der Waals surface area contributed by atoms with Crippen molar-refractivity contribution >= 4 is 11.6 Å². The molecule has 0 saturated heterocycles. The highest BCUT2D eigenvalue weighted by Gasteiger charge is 2.33. The third-order valence-electron chi connectivity index (χ3n) is 2.67. The Morgan fingerprint density at radius 2 is 1.78 bits per heavy atom. The van der Waals surface area contributed by atoms with Gasteiger partial charge in [-0.1, -0.05) is 29.5 Å². The fourth-order valence-electron chi connectivity index (χ4n) is 1.78. The normalized spacial score (nSPS) is 18.3. The van der Waals surface area contributed by atoms with Gasteiger partial charge < -0.3 is 0 Å². The summed E-state index contributed by atoms with van der Waals surface area (Å²) in [6.07, 6.45) is 1.64. The lowest BCUT2D eigenvalue weighted by Crippen LogP contribution is -2.24. The molecule has 1 aromatic carbocycles. The van der Waals surface area contributed by atoms with E-state index >= 15 is 0 Å². The van der Waals surface area contributed by atoms with E-state index in [1.165, 1.54) is 5.01 Å². The number of nitrogens with zero attached hydrogens (tertiary/aromatic N) is 4. The molecule has 1 amide bonds. The van der Waals surface area contributed by atoms with E-state index in [1.54, 1.807) is 18.3 Å². The second-order valence-corrected chi connectivity index (χ2v) is 3.85. The zero-order valence-corrected chi connectivity index (χ0v) is 9.47. The van der Waals surface area contributed by atoms with Crippen molar-refractivity contribution in [3.8, 4) is 0 Å². The molecule has 2 aromatic rings. The Labute approximate surface area is 104 Å². The average Bonchev–Trinajstić information content (AvgIpc) is 2.83. The molecule has 0 spiro atoms. The zero-order valence-electron chi connectivity index (χ0n) is 9.47. The molecule has 0 fully saturated rings. The van der Waals surface area contributed by atoms with Gasteiger partial charge in [-0.2, -0.15) is 10.1 Å². The molecule has 3 rings (SSSR count). The number of carbonyl (C=O) groups is 1. The van der Waals surface area contributed by atoms with Gasteiger partial charge in [0, 0.05) is 6.20 Å². The van der Waals surface area contributed by atoms with E-state index in [9.17, 15) is 4.79 Å². The van der Waals surface area contributed by atoms with Crippen LogP contribution in [0.5, 0.6) is 0 Å². The molecular formula is C13H10N4O. The Morgan fingerprint density at radius 1 is 1.00 bits per heavy atom. The molecule has 0 N–H and O–H groups in total. The number of aromatic nitrogens is 1. The number of carbonyl (C=O) groups excluding carboxylic acids is 1. The summed E-state index contributed by atoms with van der Waals surface area (Å²) in [4.78, 5) is 16.3. The first-order chi connectivity index (χ1) is 8.86. The maximum atomic E-state index is 12.2. The first-order valence-electron chi connectivity index (χ1n) is 5.57. The molecular weight excluding hydrogens is 228 g/mol. The minimum atomic E-state index is -0.633. The molecule has 1 aliphatic rings. The second-order valence-electron chi connectivity index (χ2n) is 3.85. The Bertz CT molecular complexity index is 531. The van der Waals surface area contributed by atoms with Gasteiger partial charge in [0.1, 0.15) is 0 Å². The largest absolute Gasteiger partial charge is 0.281 e. The lowest BCUT2D eigenvalue weighted by atomic mass is 10.2. The van der Waals surface area contributed by atoms with Crippen LogP contribution in [-0.2, 0) is 4.79 Å². The van der Waals surface area contributed by atoms with E-state index in [4.69, 9.17) is 0 Å². The Kier molecular flexibility index (Phi) is 2.57.